The van der Waals surface area contributed by atoms with Crippen molar-refractivity contribution in [1.82, 2.24) is 4.98 Å². The second kappa shape index (κ2) is 4.08. The van der Waals surface area contributed by atoms with Gasteiger partial charge in [-0.25, -0.2) is 4.98 Å². The van der Waals surface area contributed by atoms with Crippen molar-refractivity contribution in [3.8, 4) is 0 Å². The molecule has 1 aromatic rings. The van der Waals surface area contributed by atoms with E-state index in [1.165, 1.54) is 6.07 Å². The Hall–Kier alpha value is -1.85. The Morgan fingerprint density at radius 1 is 1.21 bits per heavy atom. The van der Waals surface area contributed by atoms with Crippen LogP contribution in [0.1, 0.15) is 30.5 Å². The molecular formula is C13H11F3N2O. The molecule has 0 atom stereocenters. The summed E-state index contributed by atoms with van der Waals surface area (Å²) in [5.74, 6) is 0.308. The molecule has 0 aromatic carbocycles. The number of rotatable bonds is 0. The molecule has 0 fully saturated rings. The number of carbonyl (C=O) groups is 1. The van der Waals surface area contributed by atoms with Gasteiger partial charge in [-0.15, -0.1) is 0 Å². The number of ketones is 1. The molecule has 0 amide bonds. The van der Waals surface area contributed by atoms with Crippen LogP contribution in [0, 0.1) is 0 Å². The Morgan fingerprint density at radius 2 is 2.00 bits per heavy atom. The molecule has 100 valence electrons. The van der Waals surface area contributed by atoms with Crippen LogP contribution >= 0.6 is 0 Å². The number of hydrogen-bond acceptors (Lipinski definition) is 3. The lowest BCUT2D eigenvalue weighted by molar-refractivity contribution is -0.141. The summed E-state index contributed by atoms with van der Waals surface area (Å²) in [4.78, 5) is 15.4. The normalized spacial score (nSPS) is 18.8. The Kier molecular flexibility index (Phi) is 2.62. The third kappa shape index (κ3) is 2.11. The van der Waals surface area contributed by atoms with Gasteiger partial charge < -0.3 is 5.32 Å². The monoisotopic (exact) mass is 268 g/mol. The topological polar surface area (TPSA) is 42.0 Å². The first kappa shape index (κ1) is 12.2. The van der Waals surface area contributed by atoms with Crippen molar-refractivity contribution in [2.75, 3.05) is 5.32 Å². The molecule has 1 aliphatic heterocycles. The first-order valence-electron chi connectivity index (χ1n) is 6.04. The zero-order chi connectivity index (χ0) is 13.6. The Morgan fingerprint density at radius 3 is 2.74 bits per heavy atom. The average Bonchev–Trinajstić information content (AvgIpc) is 2.35. The number of carbonyl (C=O) groups excluding carboxylic acids is 1. The van der Waals surface area contributed by atoms with Gasteiger partial charge in [0.05, 0.1) is 0 Å². The van der Waals surface area contributed by atoms with Crippen molar-refractivity contribution in [3.05, 3.63) is 34.7 Å². The van der Waals surface area contributed by atoms with Crippen LogP contribution in [0.2, 0.25) is 0 Å². The van der Waals surface area contributed by atoms with Gasteiger partial charge in [0.25, 0.3) is 0 Å². The van der Waals surface area contributed by atoms with Gasteiger partial charge in [0.1, 0.15) is 11.5 Å². The van der Waals surface area contributed by atoms with Gasteiger partial charge in [0, 0.05) is 24.1 Å². The van der Waals surface area contributed by atoms with Crippen LogP contribution in [-0.4, -0.2) is 10.8 Å². The number of allylic oxidation sites excluding steroid dienone is 2. The van der Waals surface area contributed by atoms with Gasteiger partial charge in [0.2, 0.25) is 0 Å². The molecule has 2 aliphatic rings. The SMILES string of the molecule is O=C1CCCC2=C1Cc1ccc(C(F)(F)F)nc1N2. The summed E-state index contributed by atoms with van der Waals surface area (Å²) in [6.45, 7) is 0. The Balaban J connectivity index is 1.99. The molecular weight excluding hydrogens is 257 g/mol. The van der Waals surface area contributed by atoms with Crippen molar-refractivity contribution in [1.29, 1.82) is 0 Å². The highest BCUT2D eigenvalue weighted by Gasteiger charge is 2.34. The maximum Gasteiger partial charge on any atom is 0.433 e. The number of pyridine rings is 1. The molecule has 0 saturated heterocycles. The van der Waals surface area contributed by atoms with E-state index in [2.05, 4.69) is 10.3 Å². The van der Waals surface area contributed by atoms with E-state index < -0.39 is 11.9 Å². The van der Waals surface area contributed by atoms with Gasteiger partial charge in [-0.3, -0.25) is 4.79 Å². The Labute approximate surface area is 107 Å². The van der Waals surface area contributed by atoms with Crippen molar-refractivity contribution in [2.24, 2.45) is 0 Å². The molecule has 0 spiro atoms. The van der Waals surface area contributed by atoms with Crippen LogP contribution in [-0.2, 0) is 17.4 Å². The number of aromatic nitrogens is 1. The largest absolute Gasteiger partial charge is 0.433 e. The number of Topliss-reactive ketones (excluding diaryl/α,β-unsaturated/α-hetero) is 1. The van der Waals surface area contributed by atoms with Gasteiger partial charge in [-0.2, -0.15) is 13.2 Å². The average molecular weight is 268 g/mol. The summed E-state index contributed by atoms with van der Waals surface area (Å²) < 4.78 is 37.8. The molecule has 1 aliphatic carbocycles. The molecule has 3 rings (SSSR count). The fraction of sp³-hybridized carbons (Fsp3) is 0.385. The zero-order valence-corrected chi connectivity index (χ0v) is 9.97. The molecule has 19 heavy (non-hydrogen) atoms. The third-order valence-electron chi connectivity index (χ3n) is 3.44. The van der Waals surface area contributed by atoms with Crippen LogP contribution in [0.25, 0.3) is 0 Å². The third-order valence-corrected chi connectivity index (χ3v) is 3.44. The van der Waals surface area contributed by atoms with Crippen molar-refractivity contribution in [3.63, 3.8) is 0 Å². The van der Waals surface area contributed by atoms with E-state index >= 15 is 0 Å². The summed E-state index contributed by atoms with van der Waals surface area (Å²) in [7, 11) is 0. The second-order valence-corrected chi connectivity index (χ2v) is 4.74. The van der Waals surface area contributed by atoms with Gasteiger partial charge >= 0.3 is 6.18 Å². The molecule has 2 heterocycles. The summed E-state index contributed by atoms with van der Waals surface area (Å²) in [6, 6.07) is 2.35. The second-order valence-electron chi connectivity index (χ2n) is 4.74. The van der Waals surface area contributed by atoms with Crippen molar-refractivity contribution < 1.29 is 18.0 Å². The lowest BCUT2D eigenvalue weighted by Crippen LogP contribution is -2.24. The molecule has 0 radical (unpaired) electrons. The summed E-state index contributed by atoms with van der Waals surface area (Å²) in [6.07, 6.45) is -2.13. The van der Waals surface area contributed by atoms with Crippen LogP contribution in [0.5, 0.6) is 0 Å². The number of fused-ring (bicyclic) bond motifs is 1. The van der Waals surface area contributed by atoms with Crippen molar-refractivity contribution in [2.45, 2.75) is 31.9 Å². The quantitative estimate of drug-likeness (QED) is 0.786. The minimum Gasteiger partial charge on any atom is -0.343 e. The van der Waals surface area contributed by atoms with Gasteiger partial charge in [-0.05, 0) is 24.5 Å². The number of halogens is 3. The van der Waals surface area contributed by atoms with Crippen LogP contribution in [0.4, 0.5) is 19.0 Å². The molecule has 1 N–H and O–H groups in total. The van der Waals surface area contributed by atoms with Crippen molar-refractivity contribution >= 4 is 11.6 Å². The molecule has 0 saturated carbocycles. The van der Waals surface area contributed by atoms with Gasteiger partial charge in [-0.1, -0.05) is 6.07 Å². The summed E-state index contributed by atoms with van der Waals surface area (Å²) in [5.41, 5.74) is 1.16. The standard InChI is InChI=1S/C13H11F3N2O/c14-13(15,16)11-5-4-7-6-8-9(17-12(7)18-11)2-1-3-10(8)19/h4-5H,1-3,6H2,(H,17,18). The highest BCUT2D eigenvalue weighted by Crippen LogP contribution is 2.35. The number of hydrogen-bond donors (Lipinski definition) is 1. The smallest absolute Gasteiger partial charge is 0.343 e. The molecule has 1 aromatic heterocycles. The lowest BCUT2D eigenvalue weighted by Gasteiger charge is -2.26. The minimum atomic E-state index is -4.45. The predicted octanol–water partition coefficient (Wildman–Crippen LogP) is 3.08. The summed E-state index contributed by atoms with van der Waals surface area (Å²) >= 11 is 0. The number of nitrogens with zero attached hydrogens (tertiary/aromatic N) is 1. The van der Waals surface area contributed by atoms with Crippen LogP contribution in [0.15, 0.2) is 23.4 Å². The first-order chi connectivity index (χ1) is 8.95. The summed E-state index contributed by atoms with van der Waals surface area (Å²) in [5, 5.41) is 2.89. The highest BCUT2D eigenvalue weighted by atomic mass is 19.4. The molecule has 0 bridgehead atoms. The maximum absolute atomic E-state index is 12.6. The van der Waals surface area contributed by atoms with E-state index in [0.717, 1.165) is 18.2 Å². The first-order valence-corrected chi connectivity index (χ1v) is 6.04. The lowest BCUT2D eigenvalue weighted by atomic mass is 9.88. The minimum absolute atomic E-state index is 0.0827. The Bertz CT molecular complexity index is 590. The highest BCUT2D eigenvalue weighted by molar-refractivity contribution is 5.98. The number of nitrogens with one attached hydrogen (secondary N) is 1. The van der Waals surface area contributed by atoms with E-state index in [0.29, 0.717) is 30.4 Å². The van der Waals surface area contributed by atoms with E-state index in [9.17, 15) is 18.0 Å². The van der Waals surface area contributed by atoms with E-state index in [1.807, 2.05) is 0 Å². The van der Waals surface area contributed by atoms with E-state index in [1.54, 1.807) is 0 Å². The fourth-order valence-corrected chi connectivity index (χ4v) is 2.47. The number of alkyl halides is 3. The zero-order valence-electron chi connectivity index (χ0n) is 9.97. The van der Waals surface area contributed by atoms with E-state index in [4.69, 9.17) is 0 Å². The van der Waals surface area contributed by atoms with Crippen LogP contribution in [0.3, 0.4) is 0 Å². The molecule has 3 nitrogen and oxygen atoms in total. The predicted molar refractivity (Wildman–Crippen MR) is 62.4 cm³/mol. The van der Waals surface area contributed by atoms with Gasteiger partial charge in [0.15, 0.2) is 5.78 Å². The number of anilines is 1. The molecule has 6 heteroatoms. The fourth-order valence-electron chi connectivity index (χ4n) is 2.47. The maximum atomic E-state index is 12.6. The van der Waals surface area contributed by atoms with E-state index in [-0.39, 0.29) is 11.6 Å². The molecule has 0 unspecified atom stereocenters. The van der Waals surface area contributed by atoms with Crippen LogP contribution < -0.4 is 5.32 Å².